The minimum absolute atomic E-state index is 0.240. The molecule has 0 bridgehead atoms. The van der Waals surface area contributed by atoms with E-state index in [0.29, 0.717) is 16.4 Å². The van der Waals surface area contributed by atoms with E-state index in [1.165, 1.54) is 32.1 Å². The number of imidazole rings is 1. The van der Waals surface area contributed by atoms with E-state index in [9.17, 15) is 4.39 Å². The van der Waals surface area contributed by atoms with Gasteiger partial charge in [-0.05, 0) is 34.8 Å². The molecular weight excluding hydrogens is 355 g/mol. The van der Waals surface area contributed by atoms with Crippen molar-refractivity contribution in [2.24, 2.45) is 0 Å². The van der Waals surface area contributed by atoms with Crippen molar-refractivity contribution in [1.29, 1.82) is 0 Å². The summed E-state index contributed by atoms with van der Waals surface area (Å²) in [6, 6.07) is 3.73. The summed E-state index contributed by atoms with van der Waals surface area (Å²) >= 11 is 9.32. The fourth-order valence-corrected chi connectivity index (χ4v) is 3.85. The molecule has 0 saturated heterocycles. The Morgan fingerprint density at radius 2 is 1.86 bits per heavy atom. The number of fused-ring (bicyclic) bond motifs is 1. The molecule has 1 aromatic carbocycles. The summed E-state index contributed by atoms with van der Waals surface area (Å²) in [5.41, 5.74) is 1.69. The molecule has 1 aliphatic carbocycles. The van der Waals surface area contributed by atoms with Crippen LogP contribution in [0.1, 0.15) is 56.8 Å². The summed E-state index contributed by atoms with van der Waals surface area (Å²) < 4.78 is 16.6. The van der Waals surface area contributed by atoms with Gasteiger partial charge in [0.15, 0.2) is 0 Å². The van der Waals surface area contributed by atoms with Crippen molar-refractivity contribution in [3.63, 3.8) is 0 Å². The van der Waals surface area contributed by atoms with Gasteiger partial charge in [-0.3, -0.25) is 0 Å². The molecular formula is C16H19BrClFN2. The van der Waals surface area contributed by atoms with E-state index in [1.807, 2.05) is 0 Å². The monoisotopic (exact) mass is 372 g/mol. The topological polar surface area (TPSA) is 17.8 Å². The van der Waals surface area contributed by atoms with Gasteiger partial charge in [0.05, 0.1) is 21.4 Å². The lowest BCUT2D eigenvalue weighted by Gasteiger charge is -2.23. The molecule has 1 fully saturated rings. The second-order valence-electron chi connectivity index (χ2n) is 5.79. The Kier molecular flexibility index (Phi) is 4.85. The lowest BCUT2D eigenvalue weighted by atomic mass is 9.96. The zero-order chi connectivity index (χ0) is 14.8. The second kappa shape index (κ2) is 6.66. The number of aromatic nitrogens is 2. The predicted molar refractivity (Wildman–Crippen MR) is 88.3 cm³/mol. The average molecular weight is 374 g/mol. The first-order chi connectivity index (χ1) is 10.2. The van der Waals surface area contributed by atoms with E-state index in [4.69, 9.17) is 11.6 Å². The van der Waals surface area contributed by atoms with E-state index in [2.05, 4.69) is 25.5 Å². The van der Waals surface area contributed by atoms with Crippen LogP contribution in [0.5, 0.6) is 0 Å². The lowest BCUT2D eigenvalue weighted by Crippen LogP contribution is -2.13. The van der Waals surface area contributed by atoms with Crippen LogP contribution in [-0.2, 0) is 5.88 Å². The first-order valence-corrected chi connectivity index (χ1v) is 8.95. The zero-order valence-corrected chi connectivity index (χ0v) is 14.3. The van der Waals surface area contributed by atoms with Crippen LogP contribution in [0.4, 0.5) is 4.39 Å². The number of benzene rings is 1. The van der Waals surface area contributed by atoms with E-state index >= 15 is 0 Å². The molecule has 1 heterocycles. The standard InChI is InChI=1S/C16H19BrClFN2/c17-12-8-14-15(9-13(12)19)21(16(10-18)20-14)11-6-4-2-1-3-5-7-11/h8-9,11H,1-7,10H2. The third-order valence-corrected chi connectivity index (χ3v) is 5.21. The van der Waals surface area contributed by atoms with E-state index in [1.54, 1.807) is 12.1 Å². The summed E-state index contributed by atoms with van der Waals surface area (Å²) in [5, 5.41) is 0. The molecule has 0 N–H and O–H groups in total. The molecule has 2 aromatic rings. The molecule has 0 unspecified atom stereocenters. The summed E-state index contributed by atoms with van der Waals surface area (Å²) in [5.74, 6) is 0.982. The maximum Gasteiger partial charge on any atom is 0.139 e. The number of rotatable bonds is 2. The highest BCUT2D eigenvalue weighted by molar-refractivity contribution is 9.10. The van der Waals surface area contributed by atoms with Crippen molar-refractivity contribution >= 4 is 38.6 Å². The third-order valence-electron chi connectivity index (χ3n) is 4.36. The Bertz CT molecular complexity index is 633. The van der Waals surface area contributed by atoms with Crippen molar-refractivity contribution in [3.05, 3.63) is 28.2 Å². The van der Waals surface area contributed by atoms with Gasteiger partial charge < -0.3 is 4.57 Å². The molecule has 0 aliphatic heterocycles. The Morgan fingerprint density at radius 3 is 2.52 bits per heavy atom. The largest absolute Gasteiger partial charge is 0.324 e. The van der Waals surface area contributed by atoms with Gasteiger partial charge in [0.2, 0.25) is 0 Å². The van der Waals surface area contributed by atoms with Gasteiger partial charge in [-0.25, -0.2) is 9.37 Å². The predicted octanol–water partition coefficient (Wildman–Crippen LogP) is 5.96. The molecule has 1 aliphatic rings. The number of hydrogen-bond acceptors (Lipinski definition) is 1. The summed E-state index contributed by atoms with van der Waals surface area (Å²) in [6.45, 7) is 0. The minimum atomic E-state index is -0.240. The molecule has 1 aromatic heterocycles. The second-order valence-corrected chi connectivity index (χ2v) is 6.91. The summed E-state index contributed by atoms with van der Waals surface area (Å²) in [4.78, 5) is 4.60. The van der Waals surface area contributed by atoms with Crippen LogP contribution in [0.25, 0.3) is 11.0 Å². The normalized spacial score (nSPS) is 17.9. The van der Waals surface area contributed by atoms with Gasteiger partial charge >= 0.3 is 0 Å². The van der Waals surface area contributed by atoms with Gasteiger partial charge in [0, 0.05) is 12.1 Å². The highest BCUT2D eigenvalue weighted by Crippen LogP contribution is 2.33. The SMILES string of the molecule is Fc1cc2c(cc1Br)nc(CCl)n2C1CCCCCCC1. The Balaban J connectivity index is 2.07. The fourth-order valence-electron chi connectivity index (χ4n) is 3.33. The molecule has 0 atom stereocenters. The smallest absolute Gasteiger partial charge is 0.139 e. The van der Waals surface area contributed by atoms with Crippen LogP contribution in [0.15, 0.2) is 16.6 Å². The maximum absolute atomic E-state index is 13.9. The summed E-state index contributed by atoms with van der Waals surface area (Å²) in [6.07, 6.45) is 8.63. The van der Waals surface area contributed by atoms with Crippen molar-refractivity contribution in [3.8, 4) is 0 Å². The van der Waals surface area contributed by atoms with Crippen LogP contribution >= 0.6 is 27.5 Å². The Hall–Kier alpha value is -0.610. The Morgan fingerprint density at radius 1 is 1.19 bits per heavy atom. The van der Waals surface area contributed by atoms with Gasteiger partial charge in [0.1, 0.15) is 11.6 Å². The number of nitrogens with zero attached hydrogens (tertiary/aromatic N) is 2. The number of alkyl halides is 1. The highest BCUT2D eigenvalue weighted by Gasteiger charge is 2.20. The van der Waals surface area contributed by atoms with Crippen LogP contribution in [0.2, 0.25) is 0 Å². The first kappa shape index (κ1) is 15.3. The molecule has 114 valence electrons. The van der Waals surface area contributed by atoms with Crippen molar-refractivity contribution in [2.45, 2.75) is 56.9 Å². The average Bonchev–Trinajstić information content (AvgIpc) is 2.77. The quantitative estimate of drug-likeness (QED) is 0.594. The van der Waals surface area contributed by atoms with Gasteiger partial charge in [-0.15, -0.1) is 11.6 Å². The molecule has 0 spiro atoms. The number of halogens is 3. The molecule has 21 heavy (non-hydrogen) atoms. The Labute approximate surface area is 137 Å². The minimum Gasteiger partial charge on any atom is -0.324 e. The fraction of sp³-hybridized carbons (Fsp3) is 0.562. The lowest BCUT2D eigenvalue weighted by molar-refractivity contribution is 0.373. The van der Waals surface area contributed by atoms with Gasteiger partial charge in [0.25, 0.3) is 0 Å². The summed E-state index contributed by atoms with van der Waals surface area (Å²) in [7, 11) is 0. The van der Waals surface area contributed by atoms with Crippen LogP contribution in [0, 0.1) is 5.82 Å². The first-order valence-electron chi connectivity index (χ1n) is 7.62. The van der Waals surface area contributed by atoms with Crippen LogP contribution in [-0.4, -0.2) is 9.55 Å². The van der Waals surface area contributed by atoms with E-state index in [0.717, 1.165) is 29.7 Å². The van der Waals surface area contributed by atoms with Crippen molar-refractivity contribution in [1.82, 2.24) is 9.55 Å². The molecule has 0 amide bonds. The van der Waals surface area contributed by atoms with Crippen molar-refractivity contribution < 1.29 is 4.39 Å². The number of hydrogen-bond donors (Lipinski definition) is 0. The van der Waals surface area contributed by atoms with Crippen molar-refractivity contribution in [2.75, 3.05) is 0 Å². The van der Waals surface area contributed by atoms with E-state index in [-0.39, 0.29) is 5.82 Å². The molecule has 1 saturated carbocycles. The van der Waals surface area contributed by atoms with Crippen LogP contribution in [0.3, 0.4) is 0 Å². The third kappa shape index (κ3) is 3.11. The zero-order valence-electron chi connectivity index (χ0n) is 11.9. The van der Waals surface area contributed by atoms with Gasteiger partial charge in [-0.1, -0.05) is 32.1 Å². The molecule has 3 rings (SSSR count). The highest BCUT2D eigenvalue weighted by atomic mass is 79.9. The maximum atomic E-state index is 13.9. The molecule has 2 nitrogen and oxygen atoms in total. The van der Waals surface area contributed by atoms with Crippen LogP contribution < -0.4 is 0 Å². The van der Waals surface area contributed by atoms with E-state index < -0.39 is 0 Å². The molecule has 5 heteroatoms. The van der Waals surface area contributed by atoms with Gasteiger partial charge in [-0.2, -0.15) is 0 Å². The molecule has 0 radical (unpaired) electrons.